The van der Waals surface area contributed by atoms with E-state index < -0.39 is 67.7 Å². The first-order valence-electron chi connectivity index (χ1n) is 13.6. The highest BCUT2D eigenvalue weighted by Crippen LogP contribution is 2.58. The molecule has 0 aromatic carbocycles. The van der Waals surface area contributed by atoms with E-state index in [-0.39, 0.29) is 80.6 Å². The van der Waals surface area contributed by atoms with Crippen LogP contribution in [0.1, 0.15) is 39.0 Å². The predicted octanol–water partition coefficient (Wildman–Crippen LogP) is 8.25. The average Bonchev–Trinajstić information content (AvgIpc) is 2.98. The van der Waals surface area contributed by atoms with Gasteiger partial charge in [0.05, 0.1) is 54.0 Å². The van der Waals surface area contributed by atoms with Gasteiger partial charge in [-0.05, 0) is 39.0 Å². The minimum Gasteiger partial charge on any atom is -0.395 e. The van der Waals surface area contributed by atoms with Gasteiger partial charge in [-0.2, -0.15) is 0 Å². The van der Waals surface area contributed by atoms with Gasteiger partial charge in [0.15, 0.2) is 0 Å². The van der Waals surface area contributed by atoms with Crippen molar-refractivity contribution in [2.24, 2.45) is 5.41 Å². The highest BCUT2D eigenvalue weighted by molar-refractivity contribution is 6.30. The summed E-state index contributed by atoms with van der Waals surface area (Å²) >= 11 is 76.9. The molecule has 0 saturated heterocycles. The summed E-state index contributed by atoms with van der Waals surface area (Å²) in [5.74, 6) is -0.202. The van der Waals surface area contributed by atoms with Gasteiger partial charge in [0, 0.05) is 62.2 Å². The van der Waals surface area contributed by atoms with Crippen LogP contribution in [0.5, 0.6) is 0 Å². The Morgan fingerprint density at radius 3 is 1.14 bits per heavy atom. The quantitative estimate of drug-likeness (QED) is 0.0765. The zero-order valence-corrected chi connectivity index (χ0v) is 32.8. The Morgan fingerprint density at radius 1 is 0.535 bits per heavy atom. The van der Waals surface area contributed by atoms with Gasteiger partial charge < -0.3 is 24.8 Å². The number of halogens is 12. The Bertz CT molecular complexity index is 706. The zero-order valence-electron chi connectivity index (χ0n) is 23.7. The van der Waals surface area contributed by atoms with Crippen molar-refractivity contribution in [2.75, 3.05) is 55.1 Å². The third-order valence-electron chi connectivity index (χ3n) is 7.27. The van der Waals surface area contributed by atoms with Crippen molar-refractivity contribution in [2.45, 2.75) is 94.7 Å². The highest BCUT2D eigenvalue weighted by Gasteiger charge is 2.68. The van der Waals surface area contributed by atoms with E-state index in [1.165, 1.54) is 6.92 Å². The number of rotatable bonds is 26. The molecule has 0 heterocycles. The first-order valence-corrected chi connectivity index (χ1v) is 19.4. The van der Waals surface area contributed by atoms with Crippen molar-refractivity contribution in [3.63, 3.8) is 0 Å². The molecule has 0 bridgehead atoms. The Hall–Kier alpha value is 3.28. The van der Waals surface area contributed by atoms with Crippen LogP contribution >= 0.6 is 139 Å². The molecule has 0 aliphatic heterocycles. The Kier molecular flexibility index (Phi) is 25.4. The second-order valence-corrected chi connectivity index (χ2v) is 16.2. The van der Waals surface area contributed by atoms with Crippen LogP contribution in [0.4, 0.5) is 0 Å². The van der Waals surface area contributed by atoms with E-state index in [2.05, 4.69) is 0 Å². The molecule has 43 heavy (non-hydrogen) atoms. The van der Waals surface area contributed by atoms with Gasteiger partial charge in [0.1, 0.15) is 0 Å². The normalized spacial score (nSPS) is 22.3. The second kappa shape index (κ2) is 23.6. The number of ether oxygens (including phenoxy) is 2. The maximum absolute atomic E-state index is 12.4. The van der Waals surface area contributed by atoms with Crippen LogP contribution in [0, 0.1) is 5.41 Å². The standard InChI is InChI=1S/C26H42Cl12O5/c1-16(40)13-42-24(3-18(34)8-28,4-19(35)9-29)26(15-39,23(41)2-17(33)7-27)25(5-20(36)10-30,6-21(37)11-31)43-14-22(38)12-32/h16-23,39-41H,2-15H2,1H3. The van der Waals surface area contributed by atoms with Gasteiger partial charge >= 0.3 is 0 Å². The zero-order chi connectivity index (χ0) is 33.4. The van der Waals surface area contributed by atoms with Crippen LogP contribution in [-0.2, 0) is 9.47 Å². The van der Waals surface area contributed by atoms with Crippen molar-refractivity contribution in [1.82, 2.24) is 0 Å². The van der Waals surface area contributed by atoms with Crippen LogP contribution in [0.15, 0.2) is 0 Å². The summed E-state index contributed by atoms with van der Waals surface area (Å²) in [5, 5.41) is 29.9. The lowest BCUT2D eigenvalue weighted by Crippen LogP contribution is -2.73. The topological polar surface area (TPSA) is 79.2 Å². The fourth-order valence-electron chi connectivity index (χ4n) is 5.53. The summed E-state index contributed by atoms with van der Waals surface area (Å²) in [7, 11) is 0. The molecule has 0 radical (unpaired) electrons. The average molecular weight is 860 g/mol. The van der Waals surface area contributed by atoms with Gasteiger partial charge in [-0.1, -0.05) is 0 Å². The van der Waals surface area contributed by atoms with E-state index in [0.717, 1.165) is 0 Å². The lowest BCUT2D eigenvalue weighted by Gasteiger charge is -2.62. The fourth-order valence-corrected chi connectivity index (χ4v) is 7.42. The number of alkyl halides is 12. The third-order valence-corrected chi connectivity index (χ3v) is 12.3. The monoisotopic (exact) mass is 854 g/mol. The molecule has 0 aliphatic carbocycles. The lowest BCUT2D eigenvalue weighted by molar-refractivity contribution is -0.295. The molecule has 0 spiro atoms. The summed E-state index contributed by atoms with van der Waals surface area (Å²) in [6, 6.07) is 0. The molecule has 17 heteroatoms. The van der Waals surface area contributed by atoms with Crippen molar-refractivity contribution < 1.29 is 24.8 Å². The summed E-state index contributed by atoms with van der Waals surface area (Å²) in [5.41, 5.74) is -5.32. The molecule has 260 valence electrons. The summed E-state index contributed by atoms with van der Waals surface area (Å²) < 4.78 is 13.2. The third kappa shape index (κ3) is 13.8. The second-order valence-electron chi connectivity index (χ2n) is 10.7. The minimum absolute atomic E-state index is 0.0115. The number of aliphatic hydroxyl groups is 3. The van der Waals surface area contributed by atoms with Crippen LogP contribution in [0.2, 0.25) is 0 Å². The molecule has 0 aliphatic rings. The molecule has 0 rings (SSSR count). The van der Waals surface area contributed by atoms with E-state index >= 15 is 0 Å². The molecule has 5 nitrogen and oxygen atoms in total. The van der Waals surface area contributed by atoms with Crippen molar-refractivity contribution in [1.29, 1.82) is 0 Å². The molecule has 0 aromatic heterocycles. The Morgan fingerprint density at radius 2 is 0.860 bits per heavy atom. The number of hydrogen-bond donors (Lipinski definition) is 3. The van der Waals surface area contributed by atoms with E-state index in [1.807, 2.05) is 0 Å². The van der Waals surface area contributed by atoms with E-state index in [1.54, 1.807) is 0 Å². The molecule has 3 N–H and O–H groups in total. The first-order chi connectivity index (χ1) is 20.1. The summed E-state index contributed by atoms with van der Waals surface area (Å²) in [4.78, 5) is 0. The van der Waals surface area contributed by atoms with E-state index in [0.29, 0.717) is 0 Å². The fraction of sp³-hybridized carbons (Fsp3) is 1.00. The Balaban J connectivity index is 8.29. The smallest absolute Gasteiger partial charge is 0.0843 e. The van der Waals surface area contributed by atoms with Crippen LogP contribution in [0.3, 0.4) is 0 Å². The van der Waals surface area contributed by atoms with Gasteiger partial charge in [0.2, 0.25) is 0 Å². The van der Waals surface area contributed by atoms with Crippen molar-refractivity contribution in [3.05, 3.63) is 0 Å². The Labute approximate surface area is 316 Å². The largest absolute Gasteiger partial charge is 0.395 e. The molecule has 9 atom stereocenters. The maximum Gasteiger partial charge on any atom is 0.0843 e. The molecule has 0 saturated carbocycles. The molecule has 0 aromatic rings. The molecular formula is C26H42Cl12O5. The molecule has 0 amide bonds. The van der Waals surface area contributed by atoms with E-state index in [4.69, 9.17) is 149 Å². The van der Waals surface area contributed by atoms with Gasteiger partial charge in [-0.3, -0.25) is 0 Å². The minimum atomic E-state index is -1.91. The van der Waals surface area contributed by atoms with Crippen LogP contribution in [0.25, 0.3) is 0 Å². The lowest BCUT2D eigenvalue weighted by atomic mass is 9.52. The van der Waals surface area contributed by atoms with Crippen molar-refractivity contribution in [3.8, 4) is 0 Å². The van der Waals surface area contributed by atoms with Gasteiger partial charge in [-0.25, -0.2) is 0 Å². The van der Waals surface area contributed by atoms with Crippen LogP contribution < -0.4 is 0 Å². The highest BCUT2D eigenvalue weighted by atomic mass is 35.5. The SMILES string of the molecule is CC(O)COC(CC(Cl)CCl)(CC(Cl)CCl)C(CO)(C(O)CC(Cl)CCl)C(CC(Cl)CCl)(CC(Cl)CCl)OCC(Cl)CCl. The number of hydrogen-bond acceptors (Lipinski definition) is 5. The summed E-state index contributed by atoms with van der Waals surface area (Å²) in [6.07, 6.45) is -3.04. The van der Waals surface area contributed by atoms with Gasteiger partial charge in [0.25, 0.3) is 0 Å². The maximum atomic E-state index is 12.4. The molecule has 9 unspecified atom stereocenters. The molecule has 0 fully saturated rings. The van der Waals surface area contributed by atoms with Gasteiger partial charge in [-0.15, -0.1) is 139 Å². The molecular weight excluding hydrogens is 818 g/mol. The first kappa shape index (κ1) is 46.3. The van der Waals surface area contributed by atoms with Crippen LogP contribution in [-0.4, -0.2) is 126 Å². The van der Waals surface area contributed by atoms with Crippen molar-refractivity contribution >= 4 is 139 Å². The van der Waals surface area contributed by atoms with E-state index in [9.17, 15) is 15.3 Å². The summed E-state index contributed by atoms with van der Waals surface area (Å²) in [6.45, 7) is 0.282. The predicted molar refractivity (Wildman–Crippen MR) is 190 cm³/mol. The number of aliphatic hydroxyl groups excluding tert-OH is 3.